The summed E-state index contributed by atoms with van der Waals surface area (Å²) in [6, 6.07) is 10.1. The number of anilines is 1. The number of para-hydroxylation sites is 1. The van der Waals surface area contributed by atoms with Crippen molar-refractivity contribution in [2.75, 3.05) is 5.32 Å². The summed E-state index contributed by atoms with van der Waals surface area (Å²) in [6.07, 6.45) is 7.57. The molecule has 2 heterocycles. The highest BCUT2D eigenvalue weighted by Crippen LogP contribution is 2.21. The topological polar surface area (TPSA) is 75.6 Å². The van der Waals surface area contributed by atoms with Crippen LogP contribution in [-0.2, 0) is 0 Å². The molecule has 6 nitrogen and oxygen atoms in total. The summed E-state index contributed by atoms with van der Waals surface area (Å²) in [5.74, 6) is 0.534. The van der Waals surface area contributed by atoms with Gasteiger partial charge in [0.1, 0.15) is 5.39 Å². The van der Waals surface area contributed by atoms with E-state index in [9.17, 15) is 4.79 Å². The fourth-order valence-corrected chi connectivity index (χ4v) is 3.19. The van der Waals surface area contributed by atoms with Crippen molar-refractivity contribution in [2.24, 2.45) is 0 Å². The molecule has 3 aromatic rings. The normalized spacial score (nSPS) is 15.8. The summed E-state index contributed by atoms with van der Waals surface area (Å²) in [5.41, 5.74) is 1.32. The fraction of sp³-hybridized carbons (Fsp3) is 0.353. The molecule has 0 bridgehead atoms. The molecule has 1 fully saturated rings. The maximum absolute atomic E-state index is 12.3. The SMILES string of the molecule is O=c1[nH]c(NC2CCCCC2)nc2c1cnn2-c1ccccc1. The molecule has 23 heavy (non-hydrogen) atoms. The standard InChI is InChI=1S/C17H19N5O/c23-16-14-11-18-22(13-9-5-2-6-10-13)15(14)20-17(21-16)19-12-7-3-1-4-8-12/h2,5-6,9-12H,1,3-4,7-8H2,(H2,19,20,21,23). The van der Waals surface area contributed by atoms with Crippen LogP contribution in [0.3, 0.4) is 0 Å². The summed E-state index contributed by atoms with van der Waals surface area (Å²) >= 11 is 0. The second-order valence-corrected chi connectivity index (χ2v) is 6.02. The quantitative estimate of drug-likeness (QED) is 0.780. The minimum absolute atomic E-state index is 0.157. The second kappa shape index (κ2) is 5.87. The predicted octanol–water partition coefficient (Wildman–Crippen LogP) is 2.85. The summed E-state index contributed by atoms with van der Waals surface area (Å²) in [5, 5.41) is 8.20. The van der Waals surface area contributed by atoms with Crippen molar-refractivity contribution in [3.05, 3.63) is 46.9 Å². The third-order valence-electron chi connectivity index (χ3n) is 4.38. The Bertz CT molecular complexity index is 862. The van der Waals surface area contributed by atoms with Gasteiger partial charge >= 0.3 is 0 Å². The van der Waals surface area contributed by atoms with Crippen LogP contribution in [0.25, 0.3) is 16.7 Å². The van der Waals surface area contributed by atoms with E-state index >= 15 is 0 Å². The zero-order valence-electron chi connectivity index (χ0n) is 12.8. The van der Waals surface area contributed by atoms with Crippen LogP contribution in [0.5, 0.6) is 0 Å². The maximum atomic E-state index is 12.3. The van der Waals surface area contributed by atoms with E-state index in [4.69, 9.17) is 0 Å². The first-order valence-corrected chi connectivity index (χ1v) is 8.11. The monoisotopic (exact) mass is 309 g/mol. The van der Waals surface area contributed by atoms with Gasteiger partial charge in [-0.3, -0.25) is 9.78 Å². The summed E-state index contributed by atoms with van der Waals surface area (Å²) in [7, 11) is 0. The second-order valence-electron chi connectivity index (χ2n) is 6.02. The molecule has 0 atom stereocenters. The molecule has 1 saturated carbocycles. The van der Waals surface area contributed by atoms with E-state index in [1.54, 1.807) is 10.9 Å². The number of aromatic amines is 1. The minimum Gasteiger partial charge on any atom is -0.353 e. The van der Waals surface area contributed by atoms with Crippen LogP contribution in [0.1, 0.15) is 32.1 Å². The third-order valence-corrected chi connectivity index (χ3v) is 4.38. The van der Waals surface area contributed by atoms with Gasteiger partial charge in [0, 0.05) is 6.04 Å². The number of hydrogen-bond donors (Lipinski definition) is 2. The highest BCUT2D eigenvalue weighted by Gasteiger charge is 2.16. The lowest BCUT2D eigenvalue weighted by Gasteiger charge is -2.22. The van der Waals surface area contributed by atoms with Crippen LogP contribution in [0.4, 0.5) is 5.95 Å². The summed E-state index contributed by atoms with van der Waals surface area (Å²) < 4.78 is 1.70. The van der Waals surface area contributed by atoms with Gasteiger partial charge in [0.05, 0.1) is 11.9 Å². The first kappa shape index (κ1) is 14.0. The molecule has 0 amide bonds. The van der Waals surface area contributed by atoms with Gasteiger partial charge in [-0.25, -0.2) is 4.68 Å². The van der Waals surface area contributed by atoms with Crippen LogP contribution in [0.2, 0.25) is 0 Å². The fourth-order valence-electron chi connectivity index (χ4n) is 3.19. The molecule has 118 valence electrons. The number of benzene rings is 1. The highest BCUT2D eigenvalue weighted by molar-refractivity contribution is 5.76. The molecule has 0 saturated heterocycles. The van der Waals surface area contributed by atoms with Crippen molar-refractivity contribution in [3.63, 3.8) is 0 Å². The lowest BCUT2D eigenvalue weighted by molar-refractivity contribution is 0.461. The van der Waals surface area contributed by atoms with E-state index in [0.717, 1.165) is 18.5 Å². The van der Waals surface area contributed by atoms with E-state index in [2.05, 4.69) is 20.4 Å². The zero-order valence-corrected chi connectivity index (χ0v) is 12.8. The van der Waals surface area contributed by atoms with E-state index in [1.165, 1.54) is 19.3 Å². The number of aromatic nitrogens is 4. The van der Waals surface area contributed by atoms with Crippen LogP contribution < -0.4 is 10.9 Å². The van der Waals surface area contributed by atoms with Gasteiger partial charge < -0.3 is 5.32 Å². The van der Waals surface area contributed by atoms with Crippen LogP contribution in [0.15, 0.2) is 41.3 Å². The average molecular weight is 309 g/mol. The molecule has 1 aliphatic carbocycles. The van der Waals surface area contributed by atoms with Crippen molar-refractivity contribution in [3.8, 4) is 5.69 Å². The Morgan fingerprint density at radius 3 is 2.70 bits per heavy atom. The number of hydrogen-bond acceptors (Lipinski definition) is 4. The number of nitrogens with one attached hydrogen (secondary N) is 2. The van der Waals surface area contributed by atoms with Gasteiger partial charge in [0.2, 0.25) is 5.95 Å². The molecule has 2 N–H and O–H groups in total. The van der Waals surface area contributed by atoms with Gasteiger partial charge in [-0.1, -0.05) is 37.5 Å². The number of fused-ring (bicyclic) bond motifs is 1. The summed E-state index contributed by atoms with van der Waals surface area (Å²) in [4.78, 5) is 19.7. The van der Waals surface area contributed by atoms with Gasteiger partial charge in [-0.2, -0.15) is 10.1 Å². The molecule has 0 unspecified atom stereocenters. The largest absolute Gasteiger partial charge is 0.353 e. The molecule has 6 heteroatoms. The number of rotatable bonds is 3. The lowest BCUT2D eigenvalue weighted by Crippen LogP contribution is -2.25. The van der Waals surface area contributed by atoms with Gasteiger partial charge in [-0.15, -0.1) is 0 Å². The van der Waals surface area contributed by atoms with Gasteiger partial charge in [0.15, 0.2) is 5.65 Å². The van der Waals surface area contributed by atoms with Crippen molar-refractivity contribution in [2.45, 2.75) is 38.1 Å². The lowest BCUT2D eigenvalue weighted by atomic mass is 9.96. The average Bonchev–Trinajstić information content (AvgIpc) is 3.01. The Balaban J connectivity index is 1.74. The Kier molecular flexibility index (Phi) is 3.57. The van der Waals surface area contributed by atoms with Crippen molar-refractivity contribution < 1.29 is 0 Å². The third kappa shape index (κ3) is 2.72. The van der Waals surface area contributed by atoms with Gasteiger partial charge in [-0.05, 0) is 25.0 Å². The first-order chi connectivity index (χ1) is 11.3. The molecule has 4 rings (SSSR count). The number of nitrogens with zero attached hydrogens (tertiary/aromatic N) is 3. The smallest absolute Gasteiger partial charge is 0.263 e. The minimum atomic E-state index is -0.157. The van der Waals surface area contributed by atoms with E-state index in [1.807, 2.05) is 30.3 Å². The molecular formula is C17H19N5O. The van der Waals surface area contributed by atoms with Crippen molar-refractivity contribution in [1.82, 2.24) is 19.7 Å². The van der Waals surface area contributed by atoms with Crippen molar-refractivity contribution >= 4 is 17.0 Å². The number of H-pyrrole nitrogens is 1. The van der Waals surface area contributed by atoms with Gasteiger partial charge in [0.25, 0.3) is 5.56 Å². The molecule has 0 aliphatic heterocycles. The van der Waals surface area contributed by atoms with Crippen LogP contribution in [0, 0.1) is 0 Å². The first-order valence-electron chi connectivity index (χ1n) is 8.11. The zero-order chi connectivity index (χ0) is 15.6. The molecular weight excluding hydrogens is 290 g/mol. The van der Waals surface area contributed by atoms with E-state index < -0.39 is 0 Å². The molecule has 0 radical (unpaired) electrons. The Morgan fingerprint density at radius 2 is 1.91 bits per heavy atom. The predicted molar refractivity (Wildman–Crippen MR) is 90.0 cm³/mol. The van der Waals surface area contributed by atoms with Crippen molar-refractivity contribution in [1.29, 1.82) is 0 Å². The highest BCUT2D eigenvalue weighted by atomic mass is 16.1. The van der Waals surface area contributed by atoms with E-state index in [-0.39, 0.29) is 5.56 Å². The Morgan fingerprint density at radius 1 is 1.13 bits per heavy atom. The molecule has 2 aromatic heterocycles. The molecule has 1 aromatic carbocycles. The van der Waals surface area contributed by atoms with Crippen LogP contribution >= 0.6 is 0 Å². The van der Waals surface area contributed by atoms with Crippen LogP contribution in [-0.4, -0.2) is 25.8 Å². The molecule has 1 aliphatic rings. The Hall–Kier alpha value is -2.63. The Labute approximate surface area is 133 Å². The summed E-state index contributed by atoms with van der Waals surface area (Å²) in [6.45, 7) is 0. The molecule has 0 spiro atoms. The maximum Gasteiger partial charge on any atom is 0.263 e. The van der Waals surface area contributed by atoms with E-state index in [0.29, 0.717) is 23.0 Å².